The Hall–Kier alpha value is -3.77. The van der Waals surface area contributed by atoms with Gasteiger partial charge in [-0.3, -0.25) is 4.79 Å². The summed E-state index contributed by atoms with van der Waals surface area (Å²) < 4.78 is 11.4. The van der Waals surface area contributed by atoms with Crippen molar-refractivity contribution in [3.05, 3.63) is 94.1 Å². The minimum absolute atomic E-state index is 0.158. The molecule has 0 bridgehead atoms. The second-order valence-electron chi connectivity index (χ2n) is 7.29. The number of hydrogen-bond donors (Lipinski definition) is 1. The number of amides is 3. The molecule has 3 aromatic carbocycles. The van der Waals surface area contributed by atoms with Crippen LogP contribution in [0.2, 0.25) is 5.02 Å². The van der Waals surface area contributed by atoms with Crippen molar-refractivity contribution < 1.29 is 19.1 Å². The normalized spacial score (nSPS) is 14.6. The summed E-state index contributed by atoms with van der Waals surface area (Å²) in [6.45, 7) is 2.44. The van der Waals surface area contributed by atoms with Gasteiger partial charge in [-0.1, -0.05) is 53.6 Å². The maximum atomic E-state index is 12.8. The van der Waals surface area contributed by atoms with Crippen molar-refractivity contribution in [2.45, 2.75) is 13.5 Å². The van der Waals surface area contributed by atoms with Crippen molar-refractivity contribution in [3.8, 4) is 11.5 Å². The number of aryl methyl sites for hydroxylation is 1. The molecule has 1 heterocycles. The lowest BCUT2D eigenvalue weighted by Crippen LogP contribution is -2.30. The van der Waals surface area contributed by atoms with Gasteiger partial charge < -0.3 is 14.8 Å². The highest BCUT2D eigenvalue weighted by Gasteiger charge is 2.34. The smallest absolute Gasteiger partial charge is 0.333 e. The number of urea groups is 1. The number of halogens is 1. The fourth-order valence-electron chi connectivity index (χ4n) is 3.29. The number of benzene rings is 3. The molecule has 0 aliphatic carbocycles. The van der Waals surface area contributed by atoms with E-state index in [0.717, 1.165) is 10.5 Å². The third-order valence-electron chi connectivity index (χ3n) is 4.96. The van der Waals surface area contributed by atoms with Crippen LogP contribution in [-0.4, -0.2) is 19.0 Å². The van der Waals surface area contributed by atoms with E-state index in [1.54, 1.807) is 55.7 Å². The van der Waals surface area contributed by atoms with Crippen LogP contribution >= 0.6 is 11.6 Å². The number of ether oxygens (including phenoxy) is 2. The van der Waals surface area contributed by atoms with E-state index in [0.29, 0.717) is 34.4 Å². The Balaban J connectivity index is 1.53. The number of rotatable bonds is 6. The molecule has 3 amide bonds. The predicted octanol–water partition coefficient (Wildman–Crippen LogP) is 5.33. The number of carbonyl (C=O) groups excluding carboxylic acids is 2. The number of methoxy groups -OCH3 is 1. The van der Waals surface area contributed by atoms with Crippen LogP contribution in [-0.2, 0) is 11.4 Å². The molecular weight excluding hydrogens is 428 g/mol. The molecule has 162 valence electrons. The molecule has 0 aromatic heterocycles. The fraction of sp³-hybridized carbons (Fsp3) is 0.120. The van der Waals surface area contributed by atoms with Crippen molar-refractivity contribution in [2.75, 3.05) is 12.0 Å². The van der Waals surface area contributed by atoms with Crippen LogP contribution in [0.1, 0.15) is 16.7 Å². The van der Waals surface area contributed by atoms with Crippen LogP contribution in [0.25, 0.3) is 6.08 Å². The third kappa shape index (κ3) is 4.60. The van der Waals surface area contributed by atoms with Gasteiger partial charge in [-0.2, -0.15) is 0 Å². The van der Waals surface area contributed by atoms with Gasteiger partial charge in [-0.15, -0.1) is 0 Å². The zero-order valence-electron chi connectivity index (χ0n) is 17.6. The Morgan fingerprint density at radius 3 is 2.50 bits per heavy atom. The quantitative estimate of drug-likeness (QED) is 0.408. The number of nitrogens with one attached hydrogen (secondary N) is 1. The molecule has 1 aliphatic rings. The Morgan fingerprint density at radius 2 is 1.78 bits per heavy atom. The van der Waals surface area contributed by atoms with Gasteiger partial charge in [0.25, 0.3) is 5.91 Å². The van der Waals surface area contributed by atoms with Crippen molar-refractivity contribution in [2.24, 2.45) is 0 Å². The first-order chi connectivity index (χ1) is 15.4. The third-order valence-corrected chi connectivity index (χ3v) is 5.19. The molecule has 0 saturated carbocycles. The van der Waals surface area contributed by atoms with E-state index in [4.69, 9.17) is 21.1 Å². The Kier molecular flexibility index (Phi) is 6.14. The maximum Gasteiger partial charge on any atom is 0.333 e. The van der Waals surface area contributed by atoms with Crippen molar-refractivity contribution in [3.63, 3.8) is 0 Å². The van der Waals surface area contributed by atoms with Crippen molar-refractivity contribution in [1.29, 1.82) is 0 Å². The number of anilines is 1. The molecule has 0 atom stereocenters. The lowest BCUT2D eigenvalue weighted by molar-refractivity contribution is -0.113. The highest BCUT2D eigenvalue weighted by atomic mass is 35.5. The first kappa shape index (κ1) is 21.5. The van der Waals surface area contributed by atoms with Gasteiger partial charge in [0, 0.05) is 5.02 Å². The molecule has 0 radical (unpaired) electrons. The van der Waals surface area contributed by atoms with Gasteiger partial charge in [-0.05, 0) is 54.5 Å². The predicted molar refractivity (Wildman–Crippen MR) is 124 cm³/mol. The Labute approximate surface area is 191 Å². The molecular formula is C25H21ClN2O4. The van der Waals surface area contributed by atoms with Crippen LogP contribution in [0.3, 0.4) is 0 Å². The molecule has 1 aliphatic heterocycles. The van der Waals surface area contributed by atoms with E-state index < -0.39 is 11.9 Å². The summed E-state index contributed by atoms with van der Waals surface area (Å²) in [6, 6.07) is 19.4. The molecule has 1 N–H and O–H groups in total. The summed E-state index contributed by atoms with van der Waals surface area (Å²) in [7, 11) is 1.55. The van der Waals surface area contributed by atoms with Crippen LogP contribution in [0.5, 0.6) is 11.5 Å². The molecule has 0 unspecified atom stereocenters. The molecule has 4 rings (SSSR count). The average Bonchev–Trinajstić information content (AvgIpc) is 3.06. The molecule has 1 fully saturated rings. The van der Waals surface area contributed by atoms with Gasteiger partial charge in [0.15, 0.2) is 11.5 Å². The largest absolute Gasteiger partial charge is 0.493 e. The van der Waals surface area contributed by atoms with Crippen molar-refractivity contribution in [1.82, 2.24) is 5.32 Å². The molecule has 7 heteroatoms. The first-order valence-electron chi connectivity index (χ1n) is 9.93. The second-order valence-corrected chi connectivity index (χ2v) is 7.73. The molecule has 0 spiro atoms. The Morgan fingerprint density at radius 1 is 1.00 bits per heavy atom. The van der Waals surface area contributed by atoms with Crippen LogP contribution < -0.4 is 19.7 Å². The van der Waals surface area contributed by atoms with E-state index in [9.17, 15) is 9.59 Å². The summed E-state index contributed by atoms with van der Waals surface area (Å²) in [5.41, 5.74) is 3.47. The van der Waals surface area contributed by atoms with Crippen LogP contribution in [0.4, 0.5) is 10.5 Å². The zero-order chi connectivity index (χ0) is 22.7. The van der Waals surface area contributed by atoms with Gasteiger partial charge in [0.2, 0.25) is 0 Å². The standard InChI is InChI=1S/C25H21ClN2O4/c1-16-6-8-17(9-7-16)15-32-22-11-10-18(13-23(22)31-2)12-21-24(29)28(25(30)27-21)20-5-3-4-19(26)14-20/h3-14H,15H2,1-2H3,(H,27,30)/b21-12+. The van der Waals surface area contributed by atoms with Crippen molar-refractivity contribution >= 4 is 35.3 Å². The second kappa shape index (κ2) is 9.16. The van der Waals surface area contributed by atoms with Gasteiger partial charge in [-0.25, -0.2) is 9.69 Å². The number of hydrogen-bond acceptors (Lipinski definition) is 4. The zero-order valence-corrected chi connectivity index (χ0v) is 18.3. The lowest BCUT2D eigenvalue weighted by Gasteiger charge is -2.12. The van der Waals surface area contributed by atoms with E-state index in [-0.39, 0.29) is 5.70 Å². The lowest BCUT2D eigenvalue weighted by atomic mass is 10.1. The minimum atomic E-state index is -0.534. The molecule has 32 heavy (non-hydrogen) atoms. The van der Waals surface area contributed by atoms with Crippen LogP contribution in [0, 0.1) is 6.92 Å². The van der Waals surface area contributed by atoms with E-state index in [1.807, 2.05) is 31.2 Å². The van der Waals surface area contributed by atoms with E-state index in [2.05, 4.69) is 5.32 Å². The summed E-state index contributed by atoms with van der Waals surface area (Å²) in [5, 5.41) is 3.04. The number of carbonyl (C=O) groups is 2. The highest BCUT2D eigenvalue weighted by Crippen LogP contribution is 2.31. The highest BCUT2D eigenvalue weighted by molar-refractivity contribution is 6.32. The number of imide groups is 1. The fourth-order valence-corrected chi connectivity index (χ4v) is 3.47. The molecule has 6 nitrogen and oxygen atoms in total. The number of nitrogens with zero attached hydrogens (tertiary/aromatic N) is 1. The molecule has 3 aromatic rings. The summed E-state index contributed by atoms with van der Waals surface area (Å²) in [6.07, 6.45) is 1.59. The average molecular weight is 449 g/mol. The summed E-state index contributed by atoms with van der Waals surface area (Å²) in [4.78, 5) is 26.2. The summed E-state index contributed by atoms with van der Waals surface area (Å²) in [5.74, 6) is 0.642. The SMILES string of the molecule is COc1cc(/C=C2/NC(=O)N(c3cccc(Cl)c3)C2=O)ccc1OCc1ccc(C)cc1. The van der Waals surface area contributed by atoms with E-state index in [1.165, 1.54) is 5.56 Å². The monoisotopic (exact) mass is 448 g/mol. The topological polar surface area (TPSA) is 67.9 Å². The van der Waals surface area contributed by atoms with Gasteiger partial charge >= 0.3 is 6.03 Å². The van der Waals surface area contributed by atoms with Gasteiger partial charge in [0.05, 0.1) is 12.8 Å². The molecule has 1 saturated heterocycles. The minimum Gasteiger partial charge on any atom is -0.493 e. The Bertz CT molecular complexity index is 1200. The van der Waals surface area contributed by atoms with Gasteiger partial charge in [0.1, 0.15) is 12.3 Å². The summed E-state index contributed by atoms with van der Waals surface area (Å²) >= 11 is 5.99. The van der Waals surface area contributed by atoms with Crippen LogP contribution in [0.15, 0.2) is 72.4 Å². The maximum absolute atomic E-state index is 12.8. The van der Waals surface area contributed by atoms with E-state index >= 15 is 0 Å². The first-order valence-corrected chi connectivity index (χ1v) is 10.3.